The van der Waals surface area contributed by atoms with Crippen molar-refractivity contribution in [3.8, 4) is 0 Å². The van der Waals surface area contributed by atoms with E-state index >= 15 is 0 Å². The first-order chi connectivity index (χ1) is 11.5. The quantitative estimate of drug-likeness (QED) is 0.664. The second kappa shape index (κ2) is 5.88. The molecule has 0 saturated carbocycles. The third-order valence-electron chi connectivity index (χ3n) is 4.47. The van der Waals surface area contributed by atoms with Gasteiger partial charge in [-0.05, 0) is 43.4 Å². The number of piperidine rings is 1. The molecule has 1 fully saturated rings. The van der Waals surface area contributed by atoms with Crippen LogP contribution < -0.4 is 4.90 Å². The minimum absolute atomic E-state index is 0.424. The predicted molar refractivity (Wildman–Crippen MR) is 93.8 cm³/mol. The van der Waals surface area contributed by atoms with Crippen LogP contribution in [0.15, 0.2) is 36.5 Å². The van der Waals surface area contributed by atoms with E-state index in [4.69, 9.17) is 7.73 Å². The fourth-order valence-electron chi connectivity index (χ4n) is 3.19. The number of aromatic nitrogens is 3. The Morgan fingerprint density at radius 2 is 2.00 bits per heavy atom. The van der Waals surface area contributed by atoms with E-state index in [1.807, 2.05) is 34.9 Å². The molecular formula is C17H19BrN4. The van der Waals surface area contributed by atoms with E-state index in [0.29, 0.717) is 12.3 Å². The summed E-state index contributed by atoms with van der Waals surface area (Å²) in [5.74, 6) is 2.11. The van der Waals surface area contributed by atoms with Crippen molar-refractivity contribution in [3.63, 3.8) is 0 Å². The normalized spacial score (nSPS) is 18.7. The summed E-state index contributed by atoms with van der Waals surface area (Å²) < 4.78 is 17.4. The van der Waals surface area contributed by atoms with Gasteiger partial charge in [0.05, 0.1) is 11.0 Å². The summed E-state index contributed by atoms with van der Waals surface area (Å²) in [6, 6.07) is 10.1. The van der Waals surface area contributed by atoms with E-state index in [2.05, 4.69) is 31.9 Å². The van der Waals surface area contributed by atoms with Gasteiger partial charge in [-0.25, -0.2) is 4.98 Å². The minimum atomic E-state index is -1.26. The molecule has 0 unspecified atom stereocenters. The average molecular weight is 361 g/mol. The number of anilines is 1. The van der Waals surface area contributed by atoms with Gasteiger partial charge >= 0.3 is 0 Å². The molecule has 1 aliphatic heterocycles. The van der Waals surface area contributed by atoms with E-state index in [-0.39, 0.29) is 0 Å². The third kappa shape index (κ3) is 2.47. The molecule has 1 saturated heterocycles. The van der Waals surface area contributed by atoms with E-state index in [9.17, 15) is 0 Å². The van der Waals surface area contributed by atoms with Gasteiger partial charge in [-0.3, -0.25) is 4.40 Å². The number of alkyl halides is 1. The van der Waals surface area contributed by atoms with Crippen molar-refractivity contribution in [1.29, 1.82) is 0 Å². The molecule has 1 aromatic carbocycles. The number of benzene rings is 1. The van der Waals surface area contributed by atoms with Gasteiger partial charge in [-0.2, -0.15) is 4.98 Å². The molecule has 5 heteroatoms. The van der Waals surface area contributed by atoms with Crippen LogP contribution in [0.4, 0.5) is 5.82 Å². The Morgan fingerprint density at radius 3 is 2.82 bits per heavy atom. The zero-order valence-corrected chi connectivity index (χ0v) is 13.8. The maximum absolute atomic E-state index is 7.67. The van der Waals surface area contributed by atoms with Crippen LogP contribution >= 0.6 is 15.9 Å². The highest BCUT2D eigenvalue weighted by Crippen LogP contribution is 2.25. The molecule has 0 atom stereocenters. The number of halogens is 1. The van der Waals surface area contributed by atoms with Crippen molar-refractivity contribution < 1.29 is 2.74 Å². The Balaban J connectivity index is 1.54. The van der Waals surface area contributed by atoms with Crippen LogP contribution in [-0.4, -0.2) is 32.7 Å². The lowest BCUT2D eigenvalue weighted by Gasteiger charge is -2.32. The van der Waals surface area contributed by atoms with Crippen molar-refractivity contribution in [2.45, 2.75) is 19.3 Å². The summed E-state index contributed by atoms with van der Waals surface area (Å²) >= 11 is 3.11. The number of hydrogen-bond donors (Lipinski definition) is 0. The molecule has 114 valence electrons. The largest absolute Gasteiger partial charge is 0.356 e. The lowest BCUT2D eigenvalue weighted by molar-refractivity contribution is 0.397. The molecular weight excluding hydrogens is 340 g/mol. The fraction of sp³-hybridized carbons (Fsp3) is 0.412. The van der Waals surface area contributed by atoms with Gasteiger partial charge in [-0.15, -0.1) is 0 Å². The summed E-state index contributed by atoms with van der Waals surface area (Å²) in [6.07, 6.45) is 4.60. The Bertz CT molecular complexity index is 866. The van der Waals surface area contributed by atoms with E-state index in [0.717, 1.165) is 48.6 Å². The van der Waals surface area contributed by atoms with Gasteiger partial charge in [0.1, 0.15) is 5.82 Å². The highest BCUT2D eigenvalue weighted by atomic mass is 79.9. The molecule has 0 aliphatic carbocycles. The van der Waals surface area contributed by atoms with Crippen LogP contribution in [0, 0.1) is 5.92 Å². The molecule has 0 bridgehead atoms. The van der Waals surface area contributed by atoms with Crippen molar-refractivity contribution in [2.75, 3.05) is 23.3 Å². The average Bonchev–Trinajstić information content (AvgIpc) is 2.91. The Labute approximate surface area is 141 Å². The summed E-state index contributed by atoms with van der Waals surface area (Å²) in [5.41, 5.74) is 2.03. The molecule has 0 spiro atoms. The standard InChI is InChI=1S/C17H19BrN4/c18-9-5-13-6-10-21(11-7-13)16-8-12-22-15-4-2-1-3-14(15)19-17(22)20-16/h1-4,8,12-13H,5-7,9-11H2/i9D2. The first-order valence-corrected chi connectivity index (χ1v) is 8.47. The number of nitrogens with zero attached hydrogens (tertiary/aromatic N) is 4. The van der Waals surface area contributed by atoms with Crippen LogP contribution in [0.2, 0.25) is 0 Å². The van der Waals surface area contributed by atoms with Gasteiger partial charge in [-0.1, -0.05) is 28.1 Å². The molecule has 0 N–H and O–H groups in total. The number of fused-ring (bicyclic) bond motifs is 3. The van der Waals surface area contributed by atoms with E-state index in [1.54, 1.807) is 0 Å². The van der Waals surface area contributed by atoms with Gasteiger partial charge < -0.3 is 4.90 Å². The first kappa shape index (κ1) is 11.9. The highest BCUT2D eigenvalue weighted by Gasteiger charge is 2.20. The van der Waals surface area contributed by atoms with Crippen LogP contribution in [-0.2, 0) is 0 Å². The monoisotopic (exact) mass is 360 g/mol. The predicted octanol–water partition coefficient (Wildman–Crippen LogP) is 3.88. The Morgan fingerprint density at radius 1 is 1.18 bits per heavy atom. The number of hydrogen-bond acceptors (Lipinski definition) is 3. The van der Waals surface area contributed by atoms with Gasteiger partial charge in [0, 0.05) is 27.3 Å². The lowest BCUT2D eigenvalue weighted by Crippen LogP contribution is -2.34. The van der Waals surface area contributed by atoms with Crippen molar-refractivity contribution in [1.82, 2.24) is 14.4 Å². The first-order valence-electron chi connectivity index (χ1n) is 8.67. The summed E-state index contributed by atoms with van der Waals surface area (Å²) in [5, 5.41) is -1.26. The van der Waals surface area contributed by atoms with Crippen molar-refractivity contribution in [3.05, 3.63) is 36.5 Å². The SMILES string of the molecule is [2H]C([2H])(Br)CC1CCN(c2ccn3c(n2)nc2ccccc23)CC1. The smallest absolute Gasteiger partial charge is 0.236 e. The van der Waals surface area contributed by atoms with Crippen LogP contribution in [0.5, 0.6) is 0 Å². The second-order valence-corrected chi connectivity index (χ2v) is 6.39. The number of imidazole rings is 1. The van der Waals surface area contributed by atoms with E-state index in [1.165, 1.54) is 0 Å². The molecule has 2 aromatic heterocycles. The summed E-state index contributed by atoms with van der Waals surface area (Å²) in [7, 11) is 0. The molecule has 22 heavy (non-hydrogen) atoms. The molecule has 3 aromatic rings. The second-order valence-electron chi connectivity index (χ2n) is 5.82. The van der Waals surface area contributed by atoms with E-state index < -0.39 is 5.28 Å². The number of rotatable bonds is 3. The molecule has 4 nitrogen and oxygen atoms in total. The van der Waals surface area contributed by atoms with Gasteiger partial charge in [0.2, 0.25) is 5.78 Å². The van der Waals surface area contributed by atoms with Crippen molar-refractivity contribution >= 4 is 38.6 Å². The van der Waals surface area contributed by atoms with Gasteiger partial charge in [0.15, 0.2) is 0 Å². The van der Waals surface area contributed by atoms with Crippen LogP contribution in [0.3, 0.4) is 0 Å². The Hall–Kier alpha value is -1.62. The topological polar surface area (TPSA) is 33.4 Å². The zero-order valence-electron chi connectivity index (χ0n) is 14.2. The van der Waals surface area contributed by atoms with Crippen LogP contribution in [0.25, 0.3) is 16.8 Å². The summed E-state index contributed by atoms with van der Waals surface area (Å²) in [6.45, 7) is 1.83. The summed E-state index contributed by atoms with van der Waals surface area (Å²) in [4.78, 5) is 11.6. The van der Waals surface area contributed by atoms with Gasteiger partial charge in [0.25, 0.3) is 0 Å². The minimum Gasteiger partial charge on any atom is -0.356 e. The van der Waals surface area contributed by atoms with Crippen LogP contribution in [0.1, 0.15) is 22.0 Å². The molecule has 1 aliphatic rings. The highest BCUT2D eigenvalue weighted by molar-refractivity contribution is 9.09. The zero-order chi connectivity index (χ0) is 16.7. The molecule has 4 rings (SSSR count). The molecule has 0 amide bonds. The van der Waals surface area contributed by atoms with Crippen molar-refractivity contribution in [2.24, 2.45) is 5.92 Å². The molecule has 0 radical (unpaired) electrons. The fourth-order valence-corrected chi connectivity index (χ4v) is 3.65. The third-order valence-corrected chi connectivity index (χ3v) is 4.79. The maximum atomic E-state index is 7.67. The number of para-hydroxylation sites is 2. The lowest BCUT2D eigenvalue weighted by atomic mass is 9.94. The maximum Gasteiger partial charge on any atom is 0.236 e. The molecule has 3 heterocycles. The Kier molecular flexibility index (Phi) is 3.17.